The zero-order valence-corrected chi connectivity index (χ0v) is 24.0. The molecular formula is C26H49NO2Si2. The van der Waals surface area contributed by atoms with E-state index in [1.807, 2.05) is 0 Å². The minimum Gasteiger partial charge on any atom is -0.415 e. The van der Waals surface area contributed by atoms with Crippen LogP contribution in [0.15, 0.2) is 30.3 Å². The average molecular weight is 464 g/mol. The molecule has 1 aromatic carbocycles. The van der Waals surface area contributed by atoms with Gasteiger partial charge in [0.15, 0.2) is 16.6 Å². The van der Waals surface area contributed by atoms with Gasteiger partial charge in [-0.1, -0.05) is 78.3 Å². The van der Waals surface area contributed by atoms with Crippen molar-refractivity contribution in [3.63, 3.8) is 0 Å². The van der Waals surface area contributed by atoms with Gasteiger partial charge < -0.3 is 8.85 Å². The Morgan fingerprint density at radius 3 is 1.58 bits per heavy atom. The van der Waals surface area contributed by atoms with Crippen molar-refractivity contribution in [1.29, 1.82) is 0 Å². The highest BCUT2D eigenvalue weighted by Gasteiger charge is 2.41. The van der Waals surface area contributed by atoms with Crippen molar-refractivity contribution in [2.24, 2.45) is 0 Å². The summed E-state index contributed by atoms with van der Waals surface area (Å²) < 4.78 is 13.4. The molecule has 31 heavy (non-hydrogen) atoms. The van der Waals surface area contributed by atoms with Gasteiger partial charge in [-0.2, -0.15) is 0 Å². The van der Waals surface area contributed by atoms with Crippen LogP contribution in [0.3, 0.4) is 0 Å². The molecule has 0 amide bonds. The lowest BCUT2D eigenvalue weighted by atomic mass is 9.95. The molecule has 1 aromatic rings. The molecule has 0 saturated carbocycles. The van der Waals surface area contributed by atoms with E-state index in [-0.39, 0.29) is 10.1 Å². The van der Waals surface area contributed by atoms with Gasteiger partial charge in [-0.05, 0) is 54.7 Å². The van der Waals surface area contributed by atoms with Crippen LogP contribution in [0.1, 0.15) is 66.4 Å². The van der Waals surface area contributed by atoms with E-state index in [1.165, 1.54) is 24.8 Å². The predicted octanol–water partition coefficient (Wildman–Crippen LogP) is 7.45. The molecule has 1 fully saturated rings. The van der Waals surface area contributed by atoms with E-state index in [0.29, 0.717) is 12.1 Å². The number of hydrogen-bond donors (Lipinski definition) is 0. The van der Waals surface area contributed by atoms with E-state index in [0.717, 1.165) is 19.8 Å². The highest BCUT2D eigenvalue weighted by atomic mass is 28.4. The summed E-state index contributed by atoms with van der Waals surface area (Å²) in [4.78, 5) is 2.71. The minimum absolute atomic E-state index is 0.247. The number of nitrogens with zero attached hydrogens (tertiary/aromatic N) is 1. The van der Waals surface area contributed by atoms with Crippen LogP contribution in [0.5, 0.6) is 0 Å². The standard InChI is InChI=1S/C26H49NO2Si2/c1-25(2,3)30(7,8)28-20-23-17-14-18-24(21-29-31(9,10)26(4,5)6)27(23)19-22-15-12-11-13-16-22/h11-13,15-16,23-24H,14,17-21H2,1-10H3. The highest BCUT2D eigenvalue weighted by molar-refractivity contribution is 6.74. The van der Waals surface area contributed by atoms with Crippen LogP contribution in [-0.2, 0) is 15.4 Å². The average Bonchev–Trinajstić information content (AvgIpc) is 2.65. The van der Waals surface area contributed by atoms with Crippen molar-refractivity contribution in [3.8, 4) is 0 Å². The summed E-state index contributed by atoms with van der Waals surface area (Å²) in [7, 11) is -3.51. The van der Waals surface area contributed by atoms with Crippen molar-refractivity contribution in [3.05, 3.63) is 35.9 Å². The van der Waals surface area contributed by atoms with Crippen molar-refractivity contribution in [1.82, 2.24) is 4.90 Å². The molecule has 0 bridgehead atoms. The Morgan fingerprint density at radius 2 is 1.19 bits per heavy atom. The van der Waals surface area contributed by atoms with Gasteiger partial charge in [-0.3, -0.25) is 4.90 Å². The number of piperidine rings is 1. The first-order valence-electron chi connectivity index (χ1n) is 12.2. The summed E-state index contributed by atoms with van der Waals surface area (Å²) in [6.45, 7) is 26.1. The molecule has 0 radical (unpaired) electrons. The molecule has 3 nitrogen and oxygen atoms in total. The van der Waals surface area contributed by atoms with Crippen molar-refractivity contribution < 1.29 is 8.85 Å². The third kappa shape index (κ3) is 7.26. The van der Waals surface area contributed by atoms with Crippen LogP contribution in [0.4, 0.5) is 0 Å². The van der Waals surface area contributed by atoms with Gasteiger partial charge in [0.25, 0.3) is 0 Å². The lowest BCUT2D eigenvalue weighted by molar-refractivity contribution is 0.0168. The van der Waals surface area contributed by atoms with Crippen molar-refractivity contribution >= 4 is 16.6 Å². The Morgan fingerprint density at radius 1 is 0.774 bits per heavy atom. The molecule has 1 heterocycles. The molecule has 0 aliphatic carbocycles. The van der Waals surface area contributed by atoms with E-state index in [9.17, 15) is 0 Å². The van der Waals surface area contributed by atoms with Crippen LogP contribution in [0.25, 0.3) is 0 Å². The summed E-state index contributed by atoms with van der Waals surface area (Å²) in [5.74, 6) is 0. The van der Waals surface area contributed by atoms with Crippen molar-refractivity contribution in [2.75, 3.05) is 13.2 Å². The van der Waals surface area contributed by atoms with Gasteiger partial charge >= 0.3 is 0 Å². The summed E-state index contributed by atoms with van der Waals surface area (Å²) in [6.07, 6.45) is 3.71. The molecule has 1 aliphatic heterocycles. The van der Waals surface area contributed by atoms with E-state index in [4.69, 9.17) is 8.85 Å². The first-order valence-corrected chi connectivity index (χ1v) is 18.0. The molecule has 1 aliphatic rings. The molecule has 2 unspecified atom stereocenters. The van der Waals surface area contributed by atoms with Gasteiger partial charge in [0.05, 0.1) is 0 Å². The number of likely N-dealkylation sites (tertiary alicyclic amines) is 1. The maximum atomic E-state index is 6.71. The Kier molecular flexibility index (Phi) is 8.82. The number of rotatable bonds is 8. The fraction of sp³-hybridized carbons (Fsp3) is 0.769. The first-order chi connectivity index (χ1) is 14.1. The summed E-state index contributed by atoms with van der Waals surface area (Å²) in [5.41, 5.74) is 1.39. The van der Waals surface area contributed by atoms with Crippen LogP contribution >= 0.6 is 0 Å². The van der Waals surface area contributed by atoms with Crippen LogP contribution < -0.4 is 0 Å². The zero-order chi connectivity index (χ0) is 23.5. The Labute approximate surface area is 195 Å². The third-order valence-corrected chi connectivity index (χ3v) is 17.1. The minimum atomic E-state index is -1.76. The molecule has 1 saturated heterocycles. The quantitative estimate of drug-likeness (QED) is 0.374. The second kappa shape index (κ2) is 10.2. The van der Waals surface area contributed by atoms with E-state index in [1.54, 1.807) is 0 Å². The van der Waals surface area contributed by atoms with Gasteiger partial charge in [0.1, 0.15) is 0 Å². The van der Waals surface area contributed by atoms with Crippen molar-refractivity contribution in [2.45, 2.75) is 116 Å². The molecule has 0 spiro atoms. The molecular weight excluding hydrogens is 414 g/mol. The Bertz CT molecular complexity index is 639. The van der Waals surface area contributed by atoms with E-state index < -0.39 is 16.6 Å². The zero-order valence-electron chi connectivity index (χ0n) is 22.0. The van der Waals surface area contributed by atoms with Gasteiger partial charge in [-0.25, -0.2) is 0 Å². The second-order valence-electron chi connectivity index (χ2n) is 12.5. The SMILES string of the molecule is CC(C)(C)[Si](C)(C)OCC1CCCC(CO[Si](C)(C)C(C)(C)C)N1Cc1ccccc1. The van der Waals surface area contributed by atoms with E-state index in [2.05, 4.69) is 103 Å². The van der Waals surface area contributed by atoms with Gasteiger partial charge in [0.2, 0.25) is 0 Å². The third-order valence-electron chi connectivity index (χ3n) is 8.11. The molecule has 0 aromatic heterocycles. The van der Waals surface area contributed by atoms with Gasteiger partial charge in [0, 0.05) is 31.8 Å². The largest absolute Gasteiger partial charge is 0.415 e. The maximum absolute atomic E-state index is 6.71. The topological polar surface area (TPSA) is 21.7 Å². The molecule has 5 heteroatoms. The summed E-state index contributed by atoms with van der Waals surface area (Å²) >= 11 is 0. The highest BCUT2D eigenvalue weighted by Crippen LogP contribution is 2.39. The number of hydrogen-bond acceptors (Lipinski definition) is 3. The first kappa shape index (κ1) is 26.8. The fourth-order valence-electron chi connectivity index (χ4n) is 3.67. The molecule has 2 atom stereocenters. The smallest absolute Gasteiger partial charge is 0.192 e. The lowest BCUT2D eigenvalue weighted by Crippen LogP contribution is -2.54. The fourth-order valence-corrected chi connectivity index (χ4v) is 5.76. The Hall–Kier alpha value is -0.466. The lowest BCUT2D eigenvalue weighted by Gasteiger charge is -2.46. The number of benzene rings is 1. The van der Waals surface area contributed by atoms with Crippen LogP contribution in [0.2, 0.25) is 36.3 Å². The Balaban J connectivity index is 2.17. The molecule has 178 valence electrons. The molecule has 2 rings (SSSR count). The second-order valence-corrected chi connectivity index (χ2v) is 22.2. The maximum Gasteiger partial charge on any atom is 0.192 e. The monoisotopic (exact) mass is 463 g/mol. The van der Waals surface area contributed by atoms with Crippen LogP contribution in [-0.4, -0.2) is 46.8 Å². The summed E-state index contributed by atoms with van der Waals surface area (Å²) in [5, 5.41) is 0.494. The van der Waals surface area contributed by atoms with Crippen LogP contribution in [0, 0.1) is 0 Å². The normalized spacial score (nSPS) is 22.0. The molecule has 0 N–H and O–H groups in total. The van der Waals surface area contributed by atoms with Gasteiger partial charge in [-0.15, -0.1) is 0 Å². The van der Waals surface area contributed by atoms with E-state index >= 15 is 0 Å². The summed E-state index contributed by atoms with van der Waals surface area (Å²) in [6, 6.07) is 11.9. The predicted molar refractivity (Wildman–Crippen MR) is 140 cm³/mol.